The molecule has 6 aromatic heterocycles. The Morgan fingerprint density at radius 2 is 0.713 bits per heavy atom. The van der Waals surface area contributed by atoms with Crippen LogP contribution < -0.4 is 0 Å². The van der Waals surface area contributed by atoms with E-state index in [9.17, 15) is 5.26 Å². The van der Waals surface area contributed by atoms with Crippen molar-refractivity contribution in [2.75, 3.05) is 0 Å². The fourth-order valence-corrected chi connectivity index (χ4v) is 15.2. The number of aromatic nitrogens is 4. The van der Waals surface area contributed by atoms with Gasteiger partial charge in [-0.3, -0.25) is 0 Å². The zero-order valence-electron chi connectivity index (χ0n) is 50.4. The Bertz CT molecular complexity index is 6560. The van der Waals surface area contributed by atoms with Crippen LogP contribution in [0.15, 0.2) is 312 Å². The molecule has 0 aliphatic rings. The van der Waals surface area contributed by atoms with Gasteiger partial charge in [-0.2, -0.15) is 5.26 Å². The van der Waals surface area contributed by atoms with Gasteiger partial charge in [0.1, 0.15) is 28.4 Å². The van der Waals surface area contributed by atoms with E-state index in [1.54, 1.807) is 0 Å². The molecule has 0 aliphatic carbocycles. The summed E-state index contributed by atoms with van der Waals surface area (Å²) in [4.78, 5) is 4.02. The zero-order chi connectivity index (χ0) is 62.1. The molecule has 0 saturated heterocycles. The van der Waals surface area contributed by atoms with Crippen LogP contribution in [0.4, 0.5) is 5.69 Å². The number of para-hydroxylation sites is 10. The third-order valence-electron chi connectivity index (χ3n) is 19.1. The Morgan fingerprint density at radius 1 is 0.287 bits per heavy atom. The smallest absolute Gasteiger partial charge is 0.195 e. The Labute approximate surface area is 537 Å². The molecule has 20 aromatic rings. The van der Waals surface area contributed by atoms with Crippen LogP contribution in [0.5, 0.6) is 0 Å². The second-order valence-electron chi connectivity index (χ2n) is 24.0. The second-order valence-corrected chi connectivity index (χ2v) is 24.0. The summed E-state index contributed by atoms with van der Waals surface area (Å²) < 4.78 is 22.0. The molecule has 8 heteroatoms. The Kier molecular flexibility index (Phi) is 11.6. The number of nitriles is 1. The third kappa shape index (κ3) is 7.66. The molecule has 8 nitrogen and oxygen atoms in total. The van der Waals surface area contributed by atoms with Crippen LogP contribution in [-0.2, 0) is 0 Å². The SMILES string of the molecule is N#Cc1c(-c2ccccc2-n2c3ccccc3c3ccccc32)cccc1-n1c2ccccc2c2c3c(ccc21)oc1ccccc13.[C-]#[N+]c1ccc(-n2c3ccccc3c3c4oc5ccccc5c4ccc32)cc1-c1ccccc1-n1c2ccccc2c2ccccc21. The lowest BCUT2D eigenvalue weighted by molar-refractivity contribution is 0.669. The summed E-state index contributed by atoms with van der Waals surface area (Å²) in [6, 6.07) is 108. The number of benzene rings is 14. The van der Waals surface area contributed by atoms with Crippen LogP contribution in [0.3, 0.4) is 0 Å². The molecule has 6 heterocycles. The van der Waals surface area contributed by atoms with Gasteiger partial charge in [0, 0.05) is 76.1 Å². The van der Waals surface area contributed by atoms with Crippen LogP contribution in [0, 0.1) is 17.9 Å². The predicted molar refractivity (Wildman–Crippen MR) is 387 cm³/mol. The molecule has 436 valence electrons. The van der Waals surface area contributed by atoms with Crippen molar-refractivity contribution in [2.45, 2.75) is 0 Å². The summed E-state index contributed by atoms with van der Waals surface area (Å²) in [6.45, 7) is 8.19. The van der Waals surface area contributed by atoms with Gasteiger partial charge in [-0.25, -0.2) is 4.85 Å². The van der Waals surface area contributed by atoms with Crippen molar-refractivity contribution in [3.05, 3.63) is 320 Å². The molecule has 0 saturated carbocycles. The van der Waals surface area contributed by atoms with Crippen LogP contribution in [0.25, 0.3) is 181 Å². The number of furan rings is 2. The summed E-state index contributed by atoms with van der Waals surface area (Å²) >= 11 is 0. The highest BCUT2D eigenvalue weighted by Crippen LogP contribution is 2.47. The largest absolute Gasteiger partial charge is 0.456 e. The fourth-order valence-electron chi connectivity index (χ4n) is 15.2. The predicted octanol–water partition coefficient (Wildman–Crippen LogP) is 23.3. The Morgan fingerprint density at radius 3 is 1.30 bits per heavy atom. The first-order chi connectivity index (χ1) is 46.6. The lowest BCUT2D eigenvalue weighted by Crippen LogP contribution is -2.02. The number of nitrogens with zero attached hydrogens (tertiary/aromatic N) is 6. The average Bonchev–Trinajstić information content (AvgIpc) is 1.56. The molecule has 0 radical (unpaired) electrons. The maximum absolute atomic E-state index is 11.0. The first-order valence-electron chi connectivity index (χ1n) is 31.5. The van der Waals surface area contributed by atoms with E-state index < -0.39 is 0 Å². The molecule has 0 atom stereocenters. The number of hydrogen-bond donors (Lipinski definition) is 0. The van der Waals surface area contributed by atoms with Gasteiger partial charge < -0.3 is 27.1 Å². The van der Waals surface area contributed by atoms with Gasteiger partial charge in [0.25, 0.3) is 0 Å². The quantitative estimate of drug-likeness (QED) is 0.156. The molecular weight excluding hydrogens is 1150 g/mol. The topological polar surface area (TPSA) is 74.2 Å². The normalized spacial score (nSPS) is 11.8. The fraction of sp³-hybridized carbons (Fsp3) is 0. The lowest BCUT2D eigenvalue weighted by atomic mass is 9.96. The summed E-state index contributed by atoms with van der Waals surface area (Å²) in [5.41, 5.74) is 21.2. The van der Waals surface area contributed by atoms with Crippen molar-refractivity contribution in [1.82, 2.24) is 18.3 Å². The van der Waals surface area contributed by atoms with E-state index in [1.807, 2.05) is 30.3 Å². The monoisotopic (exact) mass is 1200 g/mol. The Balaban J connectivity index is 0.000000133. The van der Waals surface area contributed by atoms with Gasteiger partial charge >= 0.3 is 0 Å². The maximum atomic E-state index is 11.0. The molecular formula is C86H50N6O2. The highest BCUT2D eigenvalue weighted by molar-refractivity contribution is 6.28. The number of rotatable bonds is 6. The van der Waals surface area contributed by atoms with Crippen LogP contribution >= 0.6 is 0 Å². The van der Waals surface area contributed by atoms with Crippen molar-refractivity contribution in [1.29, 1.82) is 5.26 Å². The minimum absolute atomic E-state index is 0.613. The van der Waals surface area contributed by atoms with Gasteiger partial charge in [-0.15, -0.1) is 0 Å². The number of hydrogen-bond acceptors (Lipinski definition) is 3. The molecule has 0 unspecified atom stereocenters. The molecule has 20 rings (SSSR count). The van der Waals surface area contributed by atoms with E-state index >= 15 is 0 Å². The van der Waals surface area contributed by atoms with Gasteiger partial charge in [-0.05, 0) is 114 Å². The van der Waals surface area contributed by atoms with Crippen molar-refractivity contribution in [3.63, 3.8) is 0 Å². The van der Waals surface area contributed by atoms with Gasteiger partial charge in [0.15, 0.2) is 5.69 Å². The van der Waals surface area contributed by atoms with Gasteiger partial charge in [0.05, 0.1) is 78.7 Å². The Hall–Kier alpha value is -13.1. The first-order valence-corrected chi connectivity index (χ1v) is 31.5. The highest BCUT2D eigenvalue weighted by atomic mass is 16.3. The summed E-state index contributed by atoms with van der Waals surface area (Å²) in [7, 11) is 0. The van der Waals surface area contributed by atoms with E-state index in [2.05, 4.69) is 302 Å². The van der Waals surface area contributed by atoms with Crippen molar-refractivity contribution < 1.29 is 8.83 Å². The van der Waals surface area contributed by atoms with E-state index in [1.165, 1.54) is 21.5 Å². The van der Waals surface area contributed by atoms with Crippen LogP contribution in [-0.4, -0.2) is 18.3 Å². The lowest BCUT2D eigenvalue weighted by Gasteiger charge is -2.17. The molecule has 0 spiro atoms. The van der Waals surface area contributed by atoms with E-state index in [4.69, 9.17) is 15.4 Å². The van der Waals surface area contributed by atoms with Crippen molar-refractivity contribution in [2.24, 2.45) is 0 Å². The zero-order valence-corrected chi connectivity index (χ0v) is 50.4. The minimum Gasteiger partial charge on any atom is -0.456 e. The molecule has 0 bridgehead atoms. The van der Waals surface area contributed by atoms with E-state index in [0.29, 0.717) is 11.3 Å². The molecule has 0 fully saturated rings. The van der Waals surface area contributed by atoms with Crippen LogP contribution in [0.1, 0.15) is 5.56 Å². The minimum atomic E-state index is 0.613. The van der Waals surface area contributed by atoms with Gasteiger partial charge in [-0.1, -0.05) is 200 Å². The maximum Gasteiger partial charge on any atom is 0.195 e. The third-order valence-corrected chi connectivity index (χ3v) is 19.1. The average molecular weight is 1200 g/mol. The standard InChI is InChI=1S/2C43H25N3O/c1-44-35-24-22-27(45-39-20-10-5-16-33(39)42-40(45)25-23-32-31-15-6-11-21-41(31)47-43(32)42)26-34(35)30-14-4-9-19-38(30)46-36-17-7-2-12-28(36)29-13-3-8-18-37(29)46;44-26-33-27(28-12-1-6-18-34(28)45-35-19-7-2-13-29(35)30-14-3-8-20-36(30)45)17-11-22-38(33)46-37-21-9-4-15-31(37)42-39(46)24-25-41-43(42)32-16-5-10-23-40(32)47-41/h2-26H;1-25H. The molecule has 94 heavy (non-hydrogen) atoms. The number of fused-ring (bicyclic) bond motifs is 20. The molecule has 14 aromatic carbocycles. The summed E-state index contributed by atoms with van der Waals surface area (Å²) in [5.74, 6) is 0. The van der Waals surface area contributed by atoms with E-state index in [-0.39, 0.29) is 0 Å². The van der Waals surface area contributed by atoms with Crippen molar-refractivity contribution >= 4 is 137 Å². The first kappa shape index (κ1) is 52.8. The summed E-state index contributed by atoms with van der Waals surface area (Å²) in [5, 5.41) is 24.7. The summed E-state index contributed by atoms with van der Waals surface area (Å²) in [6.07, 6.45) is 0. The van der Waals surface area contributed by atoms with E-state index in [0.717, 1.165) is 155 Å². The van der Waals surface area contributed by atoms with Gasteiger partial charge in [0.2, 0.25) is 0 Å². The van der Waals surface area contributed by atoms with Crippen molar-refractivity contribution in [3.8, 4) is 51.1 Å². The molecule has 0 N–H and O–H groups in total. The second kappa shape index (κ2) is 20.7. The molecule has 0 amide bonds. The molecule has 0 aliphatic heterocycles. The highest BCUT2D eigenvalue weighted by Gasteiger charge is 2.25. The van der Waals surface area contributed by atoms with Crippen LogP contribution in [0.2, 0.25) is 0 Å².